The third-order valence-electron chi connectivity index (χ3n) is 3.96. The van der Waals surface area contributed by atoms with E-state index >= 15 is 0 Å². The highest BCUT2D eigenvalue weighted by molar-refractivity contribution is 5.78. The molecule has 0 bridgehead atoms. The van der Waals surface area contributed by atoms with E-state index in [4.69, 9.17) is 4.74 Å². The normalized spacial score (nSPS) is 10.2. The van der Waals surface area contributed by atoms with Crippen molar-refractivity contribution in [2.24, 2.45) is 0 Å². The SMILES string of the molecule is CCc1cccc(OCC(=O)N(CCC(=O)OC)Cc2ccncc2)c1. The molecule has 0 N–H and O–H groups in total. The Morgan fingerprint density at radius 1 is 1.12 bits per heavy atom. The zero-order valence-electron chi connectivity index (χ0n) is 15.2. The van der Waals surface area contributed by atoms with Gasteiger partial charge in [-0.2, -0.15) is 0 Å². The lowest BCUT2D eigenvalue weighted by Crippen LogP contribution is -2.36. The fraction of sp³-hybridized carbons (Fsp3) is 0.350. The largest absolute Gasteiger partial charge is 0.484 e. The van der Waals surface area contributed by atoms with E-state index in [1.165, 1.54) is 7.11 Å². The lowest BCUT2D eigenvalue weighted by Gasteiger charge is -2.22. The van der Waals surface area contributed by atoms with Crippen molar-refractivity contribution in [2.45, 2.75) is 26.3 Å². The van der Waals surface area contributed by atoms with Crippen LogP contribution in [-0.2, 0) is 27.3 Å². The van der Waals surface area contributed by atoms with Crippen LogP contribution in [0, 0.1) is 0 Å². The third-order valence-corrected chi connectivity index (χ3v) is 3.96. The van der Waals surface area contributed by atoms with Crippen LogP contribution in [-0.4, -0.2) is 42.0 Å². The van der Waals surface area contributed by atoms with Crippen molar-refractivity contribution < 1.29 is 19.1 Å². The quantitative estimate of drug-likeness (QED) is 0.646. The maximum atomic E-state index is 12.6. The molecule has 0 atom stereocenters. The molecule has 0 aliphatic heterocycles. The summed E-state index contributed by atoms with van der Waals surface area (Å²) >= 11 is 0. The number of aryl methyl sites for hydroxylation is 1. The molecule has 138 valence electrons. The van der Waals surface area contributed by atoms with Gasteiger partial charge in [-0.25, -0.2) is 0 Å². The highest BCUT2D eigenvalue weighted by Crippen LogP contribution is 2.14. The molecule has 2 aromatic rings. The average molecular weight is 356 g/mol. The van der Waals surface area contributed by atoms with Crippen molar-refractivity contribution in [1.82, 2.24) is 9.88 Å². The van der Waals surface area contributed by atoms with Crippen LogP contribution in [0.1, 0.15) is 24.5 Å². The first-order valence-electron chi connectivity index (χ1n) is 8.57. The van der Waals surface area contributed by atoms with Crippen LogP contribution in [0.2, 0.25) is 0 Å². The number of hydrogen-bond acceptors (Lipinski definition) is 5. The fourth-order valence-corrected chi connectivity index (χ4v) is 2.42. The monoisotopic (exact) mass is 356 g/mol. The van der Waals surface area contributed by atoms with Crippen molar-refractivity contribution in [2.75, 3.05) is 20.3 Å². The Hall–Kier alpha value is -2.89. The van der Waals surface area contributed by atoms with Crippen LogP contribution in [0.3, 0.4) is 0 Å². The van der Waals surface area contributed by atoms with E-state index in [0.717, 1.165) is 17.5 Å². The van der Waals surface area contributed by atoms with Gasteiger partial charge >= 0.3 is 5.97 Å². The summed E-state index contributed by atoms with van der Waals surface area (Å²) < 4.78 is 10.3. The van der Waals surface area contributed by atoms with Crippen LogP contribution in [0.4, 0.5) is 0 Å². The molecule has 6 nitrogen and oxygen atoms in total. The van der Waals surface area contributed by atoms with Crippen molar-refractivity contribution in [3.8, 4) is 5.75 Å². The Labute approximate surface area is 153 Å². The standard InChI is InChI=1S/C20H24N2O4/c1-3-16-5-4-6-18(13-16)26-15-19(23)22(12-9-20(24)25-2)14-17-7-10-21-11-8-17/h4-8,10-11,13H,3,9,12,14-15H2,1-2H3. The molecule has 2 rings (SSSR count). The molecule has 0 aliphatic carbocycles. The first kappa shape index (κ1) is 19.4. The van der Waals surface area contributed by atoms with E-state index in [1.807, 2.05) is 36.4 Å². The van der Waals surface area contributed by atoms with Gasteiger partial charge in [-0.3, -0.25) is 14.6 Å². The van der Waals surface area contributed by atoms with Gasteiger partial charge in [0, 0.05) is 25.5 Å². The second-order valence-electron chi connectivity index (χ2n) is 5.79. The molecule has 26 heavy (non-hydrogen) atoms. The van der Waals surface area contributed by atoms with Gasteiger partial charge in [0.1, 0.15) is 5.75 Å². The Kier molecular flexibility index (Phi) is 7.61. The average Bonchev–Trinajstić information content (AvgIpc) is 2.69. The zero-order valence-corrected chi connectivity index (χ0v) is 15.2. The number of methoxy groups -OCH3 is 1. The molecule has 0 saturated heterocycles. The lowest BCUT2D eigenvalue weighted by molar-refractivity contribution is -0.142. The highest BCUT2D eigenvalue weighted by atomic mass is 16.5. The highest BCUT2D eigenvalue weighted by Gasteiger charge is 2.16. The van der Waals surface area contributed by atoms with Crippen molar-refractivity contribution in [1.29, 1.82) is 0 Å². The third kappa shape index (κ3) is 6.20. The Morgan fingerprint density at radius 2 is 1.88 bits per heavy atom. The lowest BCUT2D eigenvalue weighted by atomic mass is 10.2. The van der Waals surface area contributed by atoms with E-state index in [1.54, 1.807) is 17.3 Å². The number of nitrogens with zero attached hydrogens (tertiary/aromatic N) is 2. The molecule has 0 radical (unpaired) electrons. The number of benzene rings is 1. The van der Waals surface area contributed by atoms with Gasteiger partial charge in [0.2, 0.25) is 0 Å². The summed E-state index contributed by atoms with van der Waals surface area (Å²) in [5, 5.41) is 0. The number of carbonyl (C=O) groups excluding carboxylic acids is 2. The fourth-order valence-electron chi connectivity index (χ4n) is 2.42. The minimum atomic E-state index is -0.353. The van der Waals surface area contributed by atoms with Gasteiger partial charge in [-0.1, -0.05) is 19.1 Å². The Bertz CT molecular complexity index is 719. The molecule has 1 heterocycles. The smallest absolute Gasteiger partial charge is 0.307 e. The van der Waals surface area contributed by atoms with Crippen molar-refractivity contribution in [3.63, 3.8) is 0 Å². The van der Waals surface area contributed by atoms with Gasteiger partial charge in [-0.15, -0.1) is 0 Å². The second-order valence-corrected chi connectivity index (χ2v) is 5.79. The van der Waals surface area contributed by atoms with Gasteiger partial charge < -0.3 is 14.4 Å². The number of hydrogen-bond donors (Lipinski definition) is 0. The molecular formula is C20H24N2O4. The molecule has 0 spiro atoms. The molecular weight excluding hydrogens is 332 g/mol. The van der Waals surface area contributed by atoms with Crippen molar-refractivity contribution in [3.05, 3.63) is 59.9 Å². The summed E-state index contributed by atoms with van der Waals surface area (Å²) in [5.41, 5.74) is 2.08. The summed E-state index contributed by atoms with van der Waals surface area (Å²) in [7, 11) is 1.33. The summed E-state index contributed by atoms with van der Waals surface area (Å²) in [4.78, 5) is 29.6. The number of ether oxygens (including phenoxy) is 2. The number of carbonyl (C=O) groups is 2. The van der Waals surface area contributed by atoms with Crippen molar-refractivity contribution >= 4 is 11.9 Å². The number of amides is 1. The van der Waals surface area contributed by atoms with Crippen LogP contribution < -0.4 is 4.74 Å². The topological polar surface area (TPSA) is 68.7 Å². The van der Waals surface area contributed by atoms with E-state index in [2.05, 4.69) is 16.6 Å². The molecule has 1 aromatic heterocycles. The molecule has 0 saturated carbocycles. The molecule has 0 aliphatic rings. The second kappa shape index (κ2) is 10.2. The molecule has 0 unspecified atom stereocenters. The van der Waals surface area contributed by atoms with Gasteiger partial charge in [-0.05, 0) is 41.8 Å². The van der Waals surface area contributed by atoms with Crippen LogP contribution >= 0.6 is 0 Å². The zero-order chi connectivity index (χ0) is 18.8. The number of pyridine rings is 1. The molecule has 0 fully saturated rings. The van der Waals surface area contributed by atoms with Gasteiger partial charge in [0.15, 0.2) is 6.61 Å². The Morgan fingerprint density at radius 3 is 2.58 bits per heavy atom. The first-order chi connectivity index (χ1) is 12.6. The molecule has 1 amide bonds. The predicted octanol–water partition coefficient (Wildman–Crippen LogP) is 2.61. The summed E-state index contributed by atoms with van der Waals surface area (Å²) in [6.07, 6.45) is 4.38. The van der Waals surface area contributed by atoms with E-state index < -0.39 is 0 Å². The maximum absolute atomic E-state index is 12.6. The van der Waals surface area contributed by atoms with E-state index in [0.29, 0.717) is 12.3 Å². The van der Waals surface area contributed by atoms with Crippen LogP contribution in [0.5, 0.6) is 5.75 Å². The van der Waals surface area contributed by atoms with E-state index in [-0.39, 0.29) is 31.4 Å². The van der Waals surface area contributed by atoms with E-state index in [9.17, 15) is 9.59 Å². The minimum absolute atomic E-state index is 0.0839. The number of aromatic nitrogens is 1. The van der Waals surface area contributed by atoms with Gasteiger partial charge in [0.25, 0.3) is 5.91 Å². The summed E-state index contributed by atoms with van der Waals surface area (Å²) in [6, 6.07) is 11.3. The predicted molar refractivity (Wildman–Crippen MR) is 97.6 cm³/mol. The first-order valence-corrected chi connectivity index (χ1v) is 8.57. The maximum Gasteiger partial charge on any atom is 0.307 e. The van der Waals surface area contributed by atoms with Crippen LogP contribution in [0.15, 0.2) is 48.8 Å². The van der Waals surface area contributed by atoms with Gasteiger partial charge in [0.05, 0.1) is 13.5 Å². The molecule has 6 heteroatoms. The van der Waals surface area contributed by atoms with Crippen LogP contribution in [0.25, 0.3) is 0 Å². The summed E-state index contributed by atoms with van der Waals surface area (Å²) in [5.74, 6) is 0.122. The Balaban J connectivity index is 1.99. The molecule has 1 aromatic carbocycles. The number of esters is 1. The summed E-state index contributed by atoms with van der Waals surface area (Å²) in [6.45, 7) is 2.63. The number of rotatable bonds is 9. The minimum Gasteiger partial charge on any atom is -0.484 e.